The van der Waals surface area contributed by atoms with E-state index in [0.29, 0.717) is 25.1 Å². The lowest BCUT2D eigenvalue weighted by molar-refractivity contribution is -0.137. The smallest absolute Gasteiger partial charge is 0.352 e. The second kappa shape index (κ2) is 9.11. The zero-order valence-electron chi connectivity index (χ0n) is 16.1. The van der Waals surface area contributed by atoms with Crippen molar-refractivity contribution >= 4 is 11.8 Å². The Morgan fingerprint density at radius 2 is 1.83 bits per heavy atom. The van der Waals surface area contributed by atoms with Crippen LogP contribution in [0, 0.1) is 11.7 Å². The predicted molar refractivity (Wildman–Crippen MR) is 98.7 cm³/mol. The summed E-state index contributed by atoms with van der Waals surface area (Å²) in [6, 6.07) is 1.86. The molecule has 0 aliphatic carbocycles. The van der Waals surface area contributed by atoms with Crippen LogP contribution in [-0.2, 0) is 11.0 Å². The van der Waals surface area contributed by atoms with E-state index < -0.39 is 23.5 Å². The average Bonchev–Trinajstić information content (AvgIpc) is 3.09. The fourth-order valence-corrected chi connectivity index (χ4v) is 3.84. The number of carbonyl (C=O) groups is 2. The lowest BCUT2D eigenvalue weighted by atomic mass is 9.96. The molecular weight excluding hydrogens is 390 g/mol. The molecular formula is C20H25F4N3O2. The molecule has 0 bridgehead atoms. The maximum Gasteiger partial charge on any atom is 0.416 e. The summed E-state index contributed by atoms with van der Waals surface area (Å²) in [7, 11) is 0. The molecule has 0 unspecified atom stereocenters. The minimum atomic E-state index is -4.70. The van der Waals surface area contributed by atoms with Crippen molar-refractivity contribution in [1.82, 2.24) is 15.1 Å². The molecule has 1 N–H and O–H groups in total. The number of likely N-dealkylation sites (tertiary alicyclic amines) is 2. The number of benzene rings is 1. The van der Waals surface area contributed by atoms with E-state index in [4.69, 9.17) is 0 Å². The summed E-state index contributed by atoms with van der Waals surface area (Å²) >= 11 is 0. The van der Waals surface area contributed by atoms with Crippen LogP contribution in [0.15, 0.2) is 18.2 Å². The Labute approximate surface area is 167 Å². The van der Waals surface area contributed by atoms with Crippen molar-refractivity contribution in [2.24, 2.45) is 5.92 Å². The van der Waals surface area contributed by atoms with E-state index in [9.17, 15) is 27.2 Å². The first-order chi connectivity index (χ1) is 13.7. The van der Waals surface area contributed by atoms with Gasteiger partial charge in [-0.3, -0.25) is 9.59 Å². The first kappa shape index (κ1) is 21.5. The van der Waals surface area contributed by atoms with Crippen molar-refractivity contribution in [1.29, 1.82) is 0 Å². The summed E-state index contributed by atoms with van der Waals surface area (Å²) in [5.74, 6) is -1.35. The van der Waals surface area contributed by atoms with Crippen LogP contribution in [0.5, 0.6) is 0 Å². The van der Waals surface area contributed by atoms with Crippen molar-refractivity contribution in [3.05, 3.63) is 35.1 Å². The van der Waals surface area contributed by atoms with Crippen LogP contribution in [0.2, 0.25) is 0 Å². The third kappa shape index (κ3) is 5.91. The van der Waals surface area contributed by atoms with E-state index in [1.54, 1.807) is 0 Å². The van der Waals surface area contributed by atoms with Gasteiger partial charge in [-0.1, -0.05) is 0 Å². The molecule has 29 heavy (non-hydrogen) atoms. The van der Waals surface area contributed by atoms with Crippen molar-refractivity contribution in [3.8, 4) is 0 Å². The number of nitrogens with one attached hydrogen (secondary N) is 1. The lowest BCUT2D eigenvalue weighted by Crippen LogP contribution is -2.42. The Bertz CT molecular complexity index is 746. The zero-order chi connectivity index (χ0) is 21.0. The molecule has 0 saturated carbocycles. The second-order valence-electron chi connectivity index (χ2n) is 7.71. The van der Waals surface area contributed by atoms with E-state index >= 15 is 0 Å². The lowest BCUT2D eigenvalue weighted by Gasteiger charge is -2.33. The first-order valence-electron chi connectivity index (χ1n) is 9.88. The summed E-state index contributed by atoms with van der Waals surface area (Å²) in [6.07, 6.45) is -1.44. The van der Waals surface area contributed by atoms with Crippen LogP contribution < -0.4 is 5.32 Å². The van der Waals surface area contributed by atoms with Gasteiger partial charge in [-0.05, 0) is 56.5 Å². The van der Waals surface area contributed by atoms with Gasteiger partial charge in [-0.15, -0.1) is 0 Å². The number of rotatable bonds is 6. The largest absolute Gasteiger partial charge is 0.416 e. The van der Waals surface area contributed by atoms with E-state index in [-0.39, 0.29) is 17.4 Å². The highest BCUT2D eigenvalue weighted by atomic mass is 19.4. The van der Waals surface area contributed by atoms with E-state index in [1.807, 2.05) is 4.90 Å². The molecule has 2 aliphatic rings. The normalized spacial score (nSPS) is 19.0. The quantitative estimate of drug-likeness (QED) is 0.727. The van der Waals surface area contributed by atoms with E-state index in [2.05, 4.69) is 10.2 Å². The summed E-state index contributed by atoms with van der Waals surface area (Å²) in [6.45, 7) is 4.43. The van der Waals surface area contributed by atoms with Gasteiger partial charge >= 0.3 is 6.18 Å². The number of alkyl halides is 3. The monoisotopic (exact) mass is 415 g/mol. The van der Waals surface area contributed by atoms with Crippen LogP contribution in [0.3, 0.4) is 0 Å². The third-order valence-electron chi connectivity index (χ3n) is 5.60. The number of piperidine rings is 1. The predicted octanol–water partition coefficient (Wildman–Crippen LogP) is 2.91. The number of nitrogens with zero attached hydrogens (tertiary/aromatic N) is 2. The number of halogens is 4. The number of carbonyl (C=O) groups excluding carboxylic acids is 2. The van der Waals surface area contributed by atoms with Crippen molar-refractivity contribution < 1.29 is 27.2 Å². The molecule has 1 aromatic carbocycles. The van der Waals surface area contributed by atoms with Gasteiger partial charge in [0, 0.05) is 38.2 Å². The van der Waals surface area contributed by atoms with Gasteiger partial charge in [-0.25, -0.2) is 4.39 Å². The maximum atomic E-state index is 13.5. The highest BCUT2D eigenvalue weighted by Crippen LogP contribution is 2.30. The van der Waals surface area contributed by atoms with Gasteiger partial charge in [0.15, 0.2) is 0 Å². The summed E-state index contributed by atoms with van der Waals surface area (Å²) in [4.78, 5) is 28.0. The highest BCUT2D eigenvalue weighted by Gasteiger charge is 2.32. The molecule has 2 saturated heterocycles. The van der Waals surface area contributed by atoms with Crippen LogP contribution in [0.1, 0.15) is 41.6 Å². The van der Waals surface area contributed by atoms with Crippen LogP contribution in [0.4, 0.5) is 17.6 Å². The Hall–Kier alpha value is -2.16. The molecule has 2 fully saturated rings. The molecule has 5 nitrogen and oxygen atoms in total. The van der Waals surface area contributed by atoms with Crippen molar-refractivity contribution in [2.45, 2.75) is 31.9 Å². The van der Waals surface area contributed by atoms with Gasteiger partial charge in [0.1, 0.15) is 5.82 Å². The molecule has 0 aromatic heterocycles. The maximum absolute atomic E-state index is 13.5. The van der Waals surface area contributed by atoms with Gasteiger partial charge in [0.05, 0.1) is 5.56 Å². The fourth-order valence-electron chi connectivity index (χ4n) is 3.84. The third-order valence-corrected chi connectivity index (χ3v) is 5.60. The highest BCUT2D eigenvalue weighted by molar-refractivity contribution is 5.94. The molecule has 1 aromatic rings. The molecule has 2 amide bonds. The van der Waals surface area contributed by atoms with Crippen LogP contribution in [-0.4, -0.2) is 60.9 Å². The molecule has 160 valence electrons. The Morgan fingerprint density at radius 3 is 2.45 bits per heavy atom. The molecule has 3 rings (SSSR count). The summed E-state index contributed by atoms with van der Waals surface area (Å²) < 4.78 is 51.8. The minimum absolute atomic E-state index is 0.216. The number of amides is 2. The van der Waals surface area contributed by atoms with Crippen LogP contribution in [0.25, 0.3) is 0 Å². The van der Waals surface area contributed by atoms with Crippen molar-refractivity contribution in [2.75, 3.05) is 39.3 Å². The molecule has 0 spiro atoms. The van der Waals surface area contributed by atoms with Crippen molar-refractivity contribution in [3.63, 3.8) is 0 Å². The Morgan fingerprint density at radius 1 is 1.10 bits per heavy atom. The molecule has 9 heteroatoms. The Kier molecular flexibility index (Phi) is 6.77. The molecule has 2 aliphatic heterocycles. The van der Waals surface area contributed by atoms with Gasteiger partial charge in [-0.2, -0.15) is 13.2 Å². The number of hydrogen-bond donors (Lipinski definition) is 1. The minimum Gasteiger partial charge on any atom is -0.352 e. The topological polar surface area (TPSA) is 52.7 Å². The number of hydrogen-bond acceptors (Lipinski definition) is 3. The first-order valence-corrected chi connectivity index (χ1v) is 9.88. The SMILES string of the molecule is O=C(NCC1CCN(CCN2CCCC2=O)CC1)c1cc(F)cc(C(F)(F)F)c1. The van der Waals surface area contributed by atoms with Gasteiger partial charge < -0.3 is 15.1 Å². The van der Waals surface area contributed by atoms with Gasteiger partial charge in [0.2, 0.25) is 5.91 Å². The van der Waals surface area contributed by atoms with E-state index in [0.717, 1.165) is 58.1 Å². The molecule has 0 atom stereocenters. The standard InChI is InChI=1S/C20H25F4N3O2/c21-17-11-15(10-16(12-17)20(22,23)24)19(29)25-13-14-3-6-26(7-4-14)8-9-27-5-1-2-18(27)28/h10-12,14H,1-9,13H2,(H,25,29). The second-order valence-corrected chi connectivity index (χ2v) is 7.71. The molecule has 0 radical (unpaired) electrons. The van der Waals surface area contributed by atoms with E-state index in [1.165, 1.54) is 0 Å². The summed E-state index contributed by atoms with van der Waals surface area (Å²) in [5, 5.41) is 2.63. The molecule has 2 heterocycles. The van der Waals surface area contributed by atoms with Crippen LogP contribution >= 0.6 is 0 Å². The fraction of sp³-hybridized carbons (Fsp3) is 0.600. The zero-order valence-corrected chi connectivity index (χ0v) is 16.1. The Balaban J connectivity index is 1.42. The average molecular weight is 415 g/mol. The van der Waals surface area contributed by atoms with Gasteiger partial charge in [0.25, 0.3) is 5.91 Å². The summed E-state index contributed by atoms with van der Waals surface area (Å²) in [5.41, 5.74) is -1.50.